The number of aromatic hydroxyl groups is 1. The zero-order valence-electron chi connectivity index (χ0n) is 15.5. The van der Waals surface area contributed by atoms with Gasteiger partial charge < -0.3 is 20.9 Å². The average Bonchev–Trinajstić information content (AvgIpc) is 2.72. The SMILES string of the molecule is CC[C@@H](N)CNc1ccnc(-c2cc(-c3ccccc3OC)ccc2O)n1. The Morgan fingerprint density at radius 3 is 2.74 bits per heavy atom. The van der Waals surface area contributed by atoms with Crippen LogP contribution in [-0.4, -0.2) is 34.8 Å². The van der Waals surface area contributed by atoms with E-state index in [0.29, 0.717) is 23.8 Å². The van der Waals surface area contributed by atoms with E-state index in [2.05, 4.69) is 15.3 Å². The molecule has 1 heterocycles. The van der Waals surface area contributed by atoms with E-state index in [4.69, 9.17) is 10.5 Å². The summed E-state index contributed by atoms with van der Waals surface area (Å²) in [6, 6.07) is 14.9. The minimum absolute atomic E-state index is 0.0608. The third kappa shape index (κ3) is 4.35. The summed E-state index contributed by atoms with van der Waals surface area (Å²) < 4.78 is 5.44. The van der Waals surface area contributed by atoms with Crippen LogP contribution in [-0.2, 0) is 0 Å². The van der Waals surface area contributed by atoms with E-state index >= 15 is 0 Å². The van der Waals surface area contributed by atoms with Crippen molar-refractivity contribution < 1.29 is 9.84 Å². The summed E-state index contributed by atoms with van der Waals surface area (Å²) in [5.74, 6) is 2.00. The van der Waals surface area contributed by atoms with Crippen LogP contribution in [0.1, 0.15) is 13.3 Å². The highest BCUT2D eigenvalue weighted by Gasteiger charge is 2.12. The first-order valence-electron chi connectivity index (χ1n) is 8.91. The van der Waals surface area contributed by atoms with Crippen LogP contribution in [0.3, 0.4) is 0 Å². The fourth-order valence-electron chi connectivity index (χ4n) is 2.73. The van der Waals surface area contributed by atoms with Gasteiger partial charge in [-0.2, -0.15) is 0 Å². The van der Waals surface area contributed by atoms with E-state index < -0.39 is 0 Å². The molecule has 1 aromatic heterocycles. The maximum Gasteiger partial charge on any atom is 0.165 e. The largest absolute Gasteiger partial charge is 0.507 e. The van der Waals surface area contributed by atoms with Gasteiger partial charge in [0.15, 0.2) is 5.82 Å². The van der Waals surface area contributed by atoms with Crippen molar-refractivity contribution in [1.82, 2.24) is 9.97 Å². The molecule has 0 aliphatic rings. The summed E-state index contributed by atoms with van der Waals surface area (Å²) in [6.45, 7) is 2.67. The number of hydrogen-bond donors (Lipinski definition) is 3. The molecule has 140 valence electrons. The van der Waals surface area contributed by atoms with Crippen LogP contribution in [0.5, 0.6) is 11.5 Å². The van der Waals surface area contributed by atoms with Crippen molar-refractivity contribution in [3.05, 3.63) is 54.7 Å². The van der Waals surface area contributed by atoms with E-state index in [-0.39, 0.29) is 11.8 Å². The van der Waals surface area contributed by atoms with Gasteiger partial charge in [-0.05, 0) is 36.2 Å². The Morgan fingerprint density at radius 2 is 1.96 bits per heavy atom. The Bertz CT molecular complexity index is 914. The maximum absolute atomic E-state index is 10.4. The first kappa shape index (κ1) is 18.7. The number of aromatic nitrogens is 2. The lowest BCUT2D eigenvalue weighted by Gasteiger charge is -2.13. The molecule has 0 saturated heterocycles. The monoisotopic (exact) mass is 364 g/mol. The van der Waals surface area contributed by atoms with Gasteiger partial charge in [0.2, 0.25) is 0 Å². The van der Waals surface area contributed by atoms with Crippen LogP contribution in [0.2, 0.25) is 0 Å². The molecule has 0 fully saturated rings. The van der Waals surface area contributed by atoms with Gasteiger partial charge in [-0.25, -0.2) is 9.97 Å². The van der Waals surface area contributed by atoms with Crippen molar-refractivity contribution in [3.63, 3.8) is 0 Å². The molecule has 0 radical (unpaired) electrons. The van der Waals surface area contributed by atoms with Crippen LogP contribution >= 0.6 is 0 Å². The summed E-state index contributed by atoms with van der Waals surface area (Å²) in [4.78, 5) is 8.84. The lowest BCUT2D eigenvalue weighted by Crippen LogP contribution is -2.28. The zero-order valence-corrected chi connectivity index (χ0v) is 15.5. The highest BCUT2D eigenvalue weighted by Crippen LogP contribution is 2.35. The second kappa shape index (κ2) is 8.51. The van der Waals surface area contributed by atoms with Crippen LogP contribution in [0, 0.1) is 0 Å². The van der Waals surface area contributed by atoms with Crippen LogP contribution in [0.15, 0.2) is 54.7 Å². The van der Waals surface area contributed by atoms with E-state index in [9.17, 15) is 5.11 Å². The second-order valence-corrected chi connectivity index (χ2v) is 6.25. The molecule has 27 heavy (non-hydrogen) atoms. The Morgan fingerprint density at radius 1 is 1.15 bits per heavy atom. The topological polar surface area (TPSA) is 93.3 Å². The lowest BCUT2D eigenvalue weighted by atomic mass is 10.0. The van der Waals surface area contributed by atoms with Gasteiger partial charge in [-0.15, -0.1) is 0 Å². The summed E-state index contributed by atoms with van der Waals surface area (Å²) in [6.07, 6.45) is 2.55. The Kier molecular flexibility index (Phi) is 5.88. The van der Waals surface area contributed by atoms with Crippen molar-refractivity contribution >= 4 is 5.82 Å². The van der Waals surface area contributed by atoms with Gasteiger partial charge >= 0.3 is 0 Å². The molecule has 0 aliphatic carbocycles. The fraction of sp³-hybridized carbons (Fsp3) is 0.238. The summed E-state index contributed by atoms with van der Waals surface area (Å²) in [5, 5.41) is 13.6. The van der Waals surface area contributed by atoms with E-state index in [1.54, 1.807) is 25.4 Å². The van der Waals surface area contributed by atoms with Gasteiger partial charge in [0.1, 0.15) is 17.3 Å². The number of para-hydroxylation sites is 1. The minimum atomic E-state index is 0.0608. The van der Waals surface area contributed by atoms with E-state index in [0.717, 1.165) is 23.3 Å². The van der Waals surface area contributed by atoms with Gasteiger partial charge in [0, 0.05) is 24.3 Å². The number of methoxy groups -OCH3 is 1. The number of nitrogens with two attached hydrogens (primary N) is 1. The quantitative estimate of drug-likeness (QED) is 0.592. The van der Waals surface area contributed by atoms with Gasteiger partial charge in [-0.3, -0.25) is 0 Å². The molecular weight excluding hydrogens is 340 g/mol. The third-order valence-electron chi connectivity index (χ3n) is 4.38. The number of ether oxygens (including phenoxy) is 1. The fourth-order valence-corrected chi connectivity index (χ4v) is 2.73. The zero-order chi connectivity index (χ0) is 19.2. The number of phenolic OH excluding ortho intramolecular Hbond substituents is 1. The van der Waals surface area contributed by atoms with Crippen LogP contribution in [0.4, 0.5) is 5.82 Å². The Balaban J connectivity index is 1.95. The number of phenols is 1. The van der Waals surface area contributed by atoms with E-state index in [1.165, 1.54) is 0 Å². The molecule has 4 N–H and O–H groups in total. The number of rotatable bonds is 7. The van der Waals surface area contributed by atoms with Gasteiger partial charge in [0.05, 0.1) is 12.7 Å². The summed E-state index contributed by atoms with van der Waals surface area (Å²) in [5.41, 5.74) is 8.35. The number of nitrogens with zero attached hydrogens (tertiary/aromatic N) is 2. The third-order valence-corrected chi connectivity index (χ3v) is 4.38. The molecular formula is C21H24N4O2. The molecule has 6 heteroatoms. The number of hydrogen-bond acceptors (Lipinski definition) is 6. The van der Waals surface area contributed by atoms with E-state index in [1.807, 2.05) is 43.3 Å². The molecule has 3 rings (SSSR count). The molecule has 0 amide bonds. The predicted molar refractivity (Wildman–Crippen MR) is 108 cm³/mol. The van der Waals surface area contributed by atoms with Crippen LogP contribution in [0.25, 0.3) is 22.5 Å². The summed E-state index contributed by atoms with van der Waals surface area (Å²) >= 11 is 0. The highest BCUT2D eigenvalue weighted by molar-refractivity contribution is 5.77. The van der Waals surface area contributed by atoms with Crippen LogP contribution < -0.4 is 15.8 Å². The number of anilines is 1. The molecule has 0 spiro atoms. The minimum Gasteiger partial charge on any atom is -0.507 e. The molecule has 0 saturated carbocycles. The first-order valence-corrected chi connectivity index (χ1v) is 8.91. The van der Waals surface area contributed by atoms with Crippen molar-refractivity contribution in [1.29, 1.82) is 0 Å². The summed E-state index contributed by atoms with van der Waals surface area (Å²) in [7, 11) is 1.64. The molecule has 0 aliphatic heterocycles. The normalized spacial score (nSPS) is 11.8. The number of nitrogens with one attached hydrogen (secondary N) is 1. The number of benzene rings is 2. The van der Waals surface area contributed by atoms with Gasteiger partial charge in [0.25, 0.3) is 0 Å². The van der Waals surface area contributed by atoms with Crippen molar-refractivity contribution in [2.45, 2.75) is 19.4 Å². The van der Waals surface area contributed by atoms with Gasteiger partial charge in [-0.1, -0.05) is 31.2 Å². The molecule has 3 aromatic rings. The Hall–Kier alpha value is -3.12. The van der Waals surface area contributed by atoms with Crippen molar-refractivity contribution in [2.24, 2.45) is 5.73 Å². The predicted octanol–water partition coefficient (Wildman–Crippen LogP) is 3.67. The molecule has 2 aromatic carbocycles. The molecule has 0 bridgehead atoms. The standard InChI is InChI=1S/C21H24N4O2/c1-3-15(22)13-24-20-10-11-23-21(25-20)17-12-14(8-9-18(17)26)16-6-4-5-7-19(16)27-2/h4-12,15,26H,3,13,22H2,1-2H3,(H,23,24,25)/t15-/m1/s1. The second-order valence-electron chi connectivity index (χ2n) is 6.25. The molecule has 6 nitrogen and oxygen atoms in total. The Labute approximate surface area is 159 Å². The van der Waals surface area contributed by atoms with Crippen molar-refractivity contribution in [3.8, 4) is 34.0 Å². The first-order chi connectivity index (χ1) is 13.1. The molecule has 0 unspecified atom stereocenters. The molecule has 1 atom stereocenters. The average molecular weight is 364 g/mol. The maximum atomic E-state index is 10.4. The van der Waals surface area contributed by atoms with Crippen molar-refractivity contribution in [2.75, 3.05) is 19.0 Å². The highest BCUT2D eigenvalue weighted by atomic mass is 16.5. The lowest BCUT2D eigenvalue weighted by molar-refractivity contribution is 0.416. The smallest absolute Gasteiger partial charge is 0.165 e.